The number of anilines is 2. The number of aromatic nitrogens is 3. The first-order valence-corrected chi connectivity index (χ1v) is 6.70. The van der Waals surface area contributed by atoms with Gasteiger partial charge in [0.1, 0.15) is 5.82 Å². The van der Waals surface area contributed by atoms with Crippen molar-refractivity contribution in [3.63, 3.8) is 0 Å². The Morgan fingerprint density at radius 2 is 2.10 bits per heavy atom. The first kappa shape index (κ1) is 12.5. The maximum Gasteiger partial charge on any atom is 0.106 e. The van der Waals surface area contributed by atoms with E-state index < -0.39 is 0 Å². The van der Waals surface area contributed by atoms with Crippen LogP contribution >= 0.6 is 0 Å². The van der Waals surface area contributed by atoms with E-state index in [1.165, 1.54) is 0 Å². The lowest BCUT2D eigenvalue weighted by Gasteiger charge is -2.09. The van der Waals surface area contributed by atoms with Crippen LogP contribution in [0.25, 0.3) is 10.9 Å². The Morgan fingerprint density at radius 3 is 2.95 bits per heavy atom. The van der Waals surface area contributed by atoms with Crippen LogP contribution in [0.3, 0.4) is 0 Å². The summed E-state index contributed by atoms with van der Waals surface area (Å²) in [5.41, 5.74) is 8.57. The summed E-state index contributed by atoms with van der Waals surface area (Å²) in [6.07, 6.45) is 7.36. The second-order valence-corrected chi connectivity index (χ2v) is 4.67. The van der Waals surface area contributed by atoms with Crippen LogP contribution in [0.15, 0.2) is 42.9 Å². The number of nitrogens with one attached hydrogen (secondary N) is 2. The predicted molar refractivity (Wildman–Crippen MR) is 81.6 cm³/mol. The van der Waals surface area contributed by atoms with Gasteiger partial charge in [0, 0.05) is 42.6 Å². The highest BCUT2D eigenvalue weighted by Gasteiger charge is 2.03. The fraction of sp³-hybridized carbons (Fsp3) is 0.200. The molecule has 0 aliphatic heterocycles. The molecule has 0 saturated heterocycles. The van der Waals surface area contributed by atoms with E-state index in [0.717, 1.165) is 41.8 Å². The summed E-state index contributed by atoms with van der Waals surface area (Å²) < 4.78 is 0. The van der Waals surface area contributed by atoms with Gasteiger partial charge >= 0.3 is 0 Å². The average molecular weight is 267 g/mol. The van der Waals surface area contributed by atoms with Gasteiger partial charge in [0.2, 0.25) is 0 Å². The molecule has 0 unspecified atom stereocenters. The molecule has 5 heteroatoms. The number of hydrogen-bond donors (Lipinski definition) is 3. The number of fused-ring (bicyclic) bond motifs is 1. The summed E-state index contributed by atoms with van der Waals surface area (Å²) >= 11 is 0. The number of H-pyrrole nitrogens is 1. The van der Waals surface area contributed by atoms with Gasteiger partial charge in [-0.15, -0.1) is 0 Å². The van der Waals surface area contributed by atoms with Crippen molar-refractivity contribution in [2.75, 3.05) is 17.6 Å². The Morgan fingerprint density at radius 1 is 1.15 bits per heavy atom. The zero-order valence-corrected chi connectivity index (χ0v) is 11.1. The number of imidazole rings is 1. The Bertz CT molecular complexity index is 691. The SMILES string of the molecule is Nc1cccc2c(NCCCc3ncc[nH]3)ccnc12. The van der Waals surface area contributed by atoms with E-state index in [9.17, 15) is 0 Å². The summed E-state index contributed by atoms with van der Waals surface area (Å²) in [4.78, 5) is 11.7. The molecule has 5 nitrogen and oxygen atoms in total. The first-order chi connectivity index (χ1) is 9.84. The summed E-state index contributed by atoms with van der Waals surface area (Å²) in [6, 6.07) is 7.84. The highest BCUT2D eigenvalue weighted by atomic mass is 14.9. The van der Waals surface area contributed by atoms with Crippen molar-refractivity contribution < 1.29 is 0 Å². The quantitative estimate of drug-likeness (QED) is 0.490. The minimum absolute atomic E-state index is 0.710. The topological polar surface area (TPSA) is 79.6 Å². The Hall–Kier alpha value is -2.56. The van der Waals surface area contributed by atoms with E-state index in [4.69, 9.17) is 5.73 Å². The number of pyridine rings is 1. The summed E-state index contributed by atoms with van der Waals surface area (Å²) in [7, 11) is 0. The molecule has 0 amide bonds. The molecule has 0 bridgehead atoms. The van der Waals surface area contributed by atoms with Crippen molar-refractivity contribution in [3.05, 3.63) is 48.7 Å². The molecule has 4 N–H and O–H groups in total. The number of para-hydroxylation sites is 1. The molecule has 0 fully saturated rings. The van der Waals surface area contributed by atoms with Crippen LogP contribution in [-0.2, 0) is 6.42 Å². The number of aryl methyl sites for hydroxylation is 1. The number of nitrogen functional groups attached to an aromatic ring is 1. The monoisotopic (exact) mass is 267 g/mol. The number of benzene rings is 1. The minimum atomic E-state index is 0.710. The third-order valence-corrected chi connectivity index (χ3v) is 3.26. The molecule has 2 heterocycles. The number of hydrogen-bond acceptors (Lipinski definition) is 4. The van der Waals surface area contributed by atoms with Crippen molar-refractivity contribution in [3.8, 4) is 0 Å². The van der Waals surface area contributed by atoms with Crippen LogP contribution in [0.5, 0.6) is 0 Å². The van der Waals surface area contributed by atoms with E-state index in [2.05, 4.69) is 20.3 Å². The lowest BCUT2D eigenvalue weighted by molar-refractivity contribution is 0.817. The van der Waals surface area contributed by atoms with Crippen LogP contribution in [0, 0.1) is 0 Å². The van der Waals surface area contributed by atoms with Crippen LogP contribution in [-0.4, -0.2) is 21.5 Å². The zero-order chi connectivity index (χ0) is 13.8. The molecule has 0 atom stereocenters. The Balaban J connectivity index is 1.67. The van der Waals surface area contributed by atoms with Crippen molar-refractivity contribution >= 4 is 22.3 Å². The van der Waals surface area contributed by atoms with Crippen molar-refractivity contribution in [2.45, 2.75) is 12.8 Å². The van der Waals surface area contributed by atoms with Gasteiger partial charge in [-0.2, -0.15) is 0 Å². The predicted octanol–water partition coefficient (Wildman–Crippen LogP) is 2.58. The van der Waals surface area contributed by atoms with Gasteiger partial charge in [-0.1, -0.05) is 12.1 Å². The van der Waals surface area contributed by atoms with Gasteiger partial charge < -0.3 is 16.0 Å². The molecule has 1 aromatic carbocycles. The summed E-state index contributed by atoms with van der Waals surface area (Å²) in [6.45, 7) is 0.884. The lowest BCUT2D eigenvalue weighted by Crippen LogP contribution is -2.04. The molecule has 0 radical (unpaired) electrons. The van der Waals surface area contributed by atoms with Gasteiger partial charge in [0.15, 0.2) is 0 Å². The van der Waals surface area contributed by atoms with E-state index >= 15 is 0 Å². The molecule has 2 aromatic heterocycles. The molecule has 20 heavy (non-hydrogen) atoms. The molecule has 0 aliphatic rings. The number of nitrogens with two attached hydrogens (primary N) is 1. The normalized spacial score (nSPS) is 10.8. The maximum absolute atomic E-state index is 5.94. The third kappa shape index (κ3) is 2.56. The number of rotatable bonds is 5. The molecule has 3 aromatic rings. The molecule has 0 aliphatic carbocycles. The standard InChI is InChI=1S/C15H17N5/c16-12-4-1-3-11-13(6-8-20-15(11)12)17-7-2-5-14-18-9-10-19-14/h1,3-4,6,8-10H,2,5,7,16H2,(H,17,20)(H,18,19). The number of aromatic amines is 1. The molecular weight excluding hydrogens is 250 g/mol. The van der Waals surface area contributed by atoms with Gasteiger partial charge in [-0.3, -0.25) is 4.98 Å². The number of nitrogens with zero attached hydrogens (tertiary/aromatic N) is 2. The molecule has 0 saturated carbocycles. The van der Waals surface area contributed by atoms with Crippen molar-refractivity contribution in [1.29, 1.82) is 0 Å². The van der Waals surface area contributed by atoms with Crippen LogP contribution in [0.4, 0.5) is 11.4 Å². The fourth-order valence-electron chi connectivity index (χ4n) is 2.27. The molecule has 0 spiro atoms. The van der Waals surface area contributed by atoms with Crippen molar-refractivity contribution in [2.24, 2.45) is 0 Å². The van der Waals surface area contributed by atoms with E-state index in [1.54, 1.807) is 12.4 Å². The maximum atomic E-state index is 5.94. The van der Waals surface area contributed by atoms with Crippen LogP contribution in [0.2, 0.25) is 0 Å². The smallest absolute Gasteiger partial charge is 0.106 e. The van der Waals surface area contributed by atoms with Crippen LogP contribution in [0.1, 0.15) is 12.2 Å². The molecule has 3 rings (SSSR count). The highest BCUT2D eigenvalue weighted by molar-refractivity contribution is 5.97. The van der Waals surface area contributed by atoms with E-state index in [1.807, 2.05) is 30.5 Å². The largest absolute Gasteiger partial charge is 0.397 e. The third-order valence-electron chi connectivity index (χ3n) is 3.26. The zero-order valence-electron chi connectivity index (χ0n) is 11.1. The summed E-state index contributed by atoms with van der Waals surface area (Å²) in [5.74, 6) is 1.02. The van der Waals surface area contributed by atoms with Gasteiger partial charge in [0.05, 0.1) is 11.2 Å². The van der Waals surface area contributed by atoms with Crippen LogP contribution < -0.4 is 11.1 Å². The summed E-state index contributed by atoms with van der Waals surface area (Å²) in [5, 5.41) is 4.50. The van der Waals surface area contributed by atoms with E-state index in [0.29, 0.717) is 5.69 Å². The van der Waals surface area contributed by atoms with E-state index in [-0.39, 0.29) is 0 Å². The second-order valence-electron chi connectivity index (χ2n) is 4.67. The minimum Gasteiger partial charge on any atom is -0.397 e. The molecular formula is C15H17N5. The Kier molecular flexibility index (Phi) is 3.50. The van der Waals surface area contributed by atoms with Crippen molar-refractivity contribution in [1.82, 2.24) is 15.0 Å². The fourth-order valence-corrected chi connectivity index (χ4v) is 2.27. The highest BCUT2D eigenvalue weighted by Crippen LogP contribution is 2.25. The average Bonchev–Trinajstić information content (AvgIpc) is 2.98. The molecule has 102 valence electrons. The van der Waals surface area contributed by atoms with Gasteiger partial charge in [-0.05, 0) is 18.6 Å². The van der Waals surface area contributed by atoms with Gasteiger partial charge in [0.25, 0.3) is 0 Å². The lowest BCUT2D eigenvalue weighted by atomic mass is 10.1. The Labute approximate surface area is 117 Å². The second kappa shape index (κ2) is 5.61. The van der Waals surface area contributed by atoms with Gasteiger partial charge in [-0.25, -0.2) is 4.98 Å². The first-order valence-electron chi connectivity index (χ1n) is 6.70.